The van der Waals surface area contributed by atoms with Gasteiger partial charge in [0.2, 0.25) is 0 Å². The van der Waals surface area contributed by atoms with Crippen molar-refractivity contribution >= 4 is 92.8 Å². The number of hydrogen-bond donors (Lipinski definition) is 0. The molecular weight excluding hydrogens is 1410 g/mol. The highest BCUT2D eigenvalue weighted by atomic mass is 35.5. The molecule has 0 N–H and O–H groups in total. The third-order valence-corrected chi connectivity index (χ3v) is 23.3. The average Bonchev–Trinajstić information content (AvgIpc) is 1.70. The fourth-order valence-electron chi connectivity index (χ4n) is 18.3. The largest absolute Gasteiger partial charge is 0.112 e. The van der Waals surface area contributed by atoms with Crippen LogP contribution in [-0.4, -0.2) is 17.3 Å². The molecule has 0 bridgehead atoms. The van der Waals surface area contributed by atoms with Crippen molar-refractivity contribution in [1.29, 1.82) is 0 Å². The molecule has 0 aromatic rings. The zero-order chi connectivity index (χ0) is 74.2. The van der Waals surface area contributed by atoms with Gasteiger partial charge in [-0.1, -0.05) is 287 Å². The van der Waals surface area contributed by atoms with Crippen molar-refractivity contribution in [3.8, 4) is 0 Å². The van der Waals surface area contributed by atoms with Crippen LogP contribution in [0.4, 0.5) is 0 Å². The highest BCUT2D eigenvalue weighted by molar-refractivity contribution is 6.48. The Kier molecular flexibility index (Phi) is 45.2. The van der Waals surface area contributed by atoms with E-state index in [1.54, 1.807) is 55.4 Å². The van der Waals surface area contributed by atoms with Crippen molar-refractivity contribution < 1.29 is 0 Å². The molecule has 16 unspecified atom stereocenters. The van der Waals surface area contributed by atoms with Gasteiger partial charge in [0.05, 0.1) is 0 Å². The van der Waals surface area contributed by atoms with Crippen LogP contribution in [0.1, 0.15) is 288 Å². The summed E-state index contributed by atoms with van der Waals surface area (Å²) in [4.78, 5) is 0. The van der Waals surface area contributed by atoms with Gasteiger partial charge < -0.3 is 0 Å². The summed E-state index contributed by atoms with van der Waals surface area (Å²) in [5.74, 6) is 16.1. The van der Waals surface area contributed by atoms with E-state index in [2.05, 4.69) is 184 Å². The molecular formula is C94H144Cl8. The smallest absolute Gasteiger partial charge is 0.102 e. The molecule has 16 atom stereocenters. The number of rotatable bonds is 16. The molecule has 0 radical (unpaired) electrons. The van der Waals surface area contributed by atoms with Crippen LogP contribution in [0.2, 0.25) is 0 Å². The minimum absolute atomic E-state index is 0.556. The van der Waals surface area contributed by atoms with Gasteiger partial charge in [0.1, 0.15) is 17.3 Å². The molecule has 0 saturated heterocycles. The Labute approximate surface area is 668 Å². The van der Waals surface area contributed by atoms with E-state index in [1.165, 1.54) is 218 Å². The zero-order valence-electron chi connectivity index (χ0n) is 65.6. The summed E-state index contributed by atoms with van der Waals surface area (Å²) >= 11 is 42.4. The van der Waals surface area contributed by atoms with E-state index in [0.29, 0.717) is 0 Å². The molecule has 8 fully saturated rings. The molecule has 0 aromatic heterocycles. The molecule has 576 valence electrons. The third kappa shape index (κ3) is 41.5. The van der Waals surface area contributed by atoms with Crippen LogP contribution < -0.4 is 0 Å². The molecule has 0 heterocycles. The highest BCUT2D eigenvalue weighted by Crippen LogP contribution is 2.47. The lowest BCUT2D eigenvalue weighted by atomic mass is 9.83. The summed E-state index contributed by atoms with van der Waals surface area (Å²) in [5.41, 5.74) is 0. The molecule has 0 nitrogen and oxygen atoms in total. The maximum Gasteiger partial charge on any atom is 0.112 e. The van der Waals surface area contributed by atoms with Crippen LogP contribution >= 0.6 is 92.8 Å². The Balaban J connectivity index is 0.000000218. The standard InChI is InChI=1S/2C23H30.2C9H12.2C9H18.4C3H6Cl2/c2*1(2-8-18-14-16-20-10-4-6-12-22(18)20)3-9-19-15-17-21-11-5-7-13-23(19)21;2*1-2-5-9-7-3-6-8(9)4-1;2*1-2-3-6-9-7-4-5-8-9;4*1-3(2,4)5/h2*1-2,4-7,10-13,18-23H,3,8-9,14-17H2;2*1-2,4-5,8-9H,3,6-7H2;2*9H,2-8H2,1H3;4*1-2H3/b2*2-1+;;;;;;;;. The van der Waals surface area contributed by atoms with E-state index in [-0.39, 0.29) is 0 Å². The Hall–Kier alpha value is -1.32. The minimum Gasteiger partial charge on any atom is -0.102 e. The lowest BCUT2D eigenvalue weighted by molar-refractivity contribution is 0.395. The second-order valence-electron chi connectivity index (χ2n) is 33.9. The number of allylic oxidation sites excluding steroid dienone is 28. The van der Waals surface area contributed by atoms with Crippen molar-refractivity contribution in [3.05, 3.63) is 170 Å². The van der Waals surface area contributed by atoms with Gasteiger partial charge in [0, 0.05) is 0 Å². The Morgan fingerprint density at radius 2 is 0.480 bits per heavy atom. The molecule has 0 aromatic carbocycles. The molecule has 14 aliphatic carbocycles. The minimum atomic E-state index is -0.556. The predicted octanol–water partition coefficient (Wildman–Crippen LogP) is 33.1. The predicted molar refractivity (Wildman–Crippen MR) is 462 cm³/mol. The number of halogens is 8. The van der Waals surface area contributed by atoms with Crippen LogP contribution in [0.25, 0.3) is 0 Å². The summed E-state index contributed by atoms with van der Waals surface area (Å²) in [7, 11) is 0. The van der Waals surface area contributed by atoms with Crippen LogP contribution in [0.5, 0.6) is 0 Å². The first-order chi connectivity index (χ1) is 48.6. The monoisotopic (exact) mass is 1550 g/mol. The van der Waals surface area contributed by atoms with Gasteiger partial charge in [-0.05, 0) is 277 Å². The van der Waals surface area contributed by atoms with Gasteiger partial charge in [0.25, 0.3) is 0 Å². The summed E-state index contributed by atoms with van der Waals surface area (Å²) < 4.78 is -2.22. The molecule has 14 aliphatic rings. The quantitative estimate of drug-likeness (QED) is 0.107. The summed E-state index contributed by atoms with van der Waals surface area (Å²) in [6.45, 7) is 18.3. The normalized spacial score (nSPS) is 31.4. The average molecular weight is 1560 g/mol. The molecule has 8 saturated carbocycles. The van der Waals surface area contributed by atoms with E-state index in [4.69, 9.17) is 92.8 Å². The first-order valence-corrected chi connectivity index (χ1v) is 44.6. The summed E-state index contributed by atoms with van der Waals surface area (Å²) in [6.07, 6.45) is 114. The second kappa shape index (κ2) is 50.5. The molecule has 8 heteroatoms. The fraction of sp³-hybridized carbons (Fsp3) is 0.702. The molecule has 102 heavy (non-hydrogen) atoms. The Morgan fingerprint density at radius 1 is 0.255 bits per heavy atom. The first-order valence-electron chi connectivity index (χ1n) is 41.5. The van der Waals surface area contributed by atoms with Crippen LogP contribution in [0.15, 0.2) is 170 Å². The lowest BCUT2D eigenvalue weighted by Crippen LogP contribution is -2.12. The van der Waals surface area contributed by atoms with E-state index >= 15 is 0 Å². The van der Waals surface area contributed by atoms with Gasteiger partial charge in [-0.25, -0.2) is 0 Å². The third-order valence-electron chi connectivity index (χ3n) is 23.3. The van der Waals surface area contributed by atoms with Crippen molar-refractivity contribution in [2.24, 2.45) is 107 Å². The SMILES string of the molecule is C1=CC2CCC(C/C=C/CCC3CCC4C=CC=CC43)C2C=C1.C1=CC2CCC(C/C=C/CCC3CCC4C=CC=CC43)C2C=C1.C1=CC2CCCC2C=C1.C1=CC2CCCC2C=C1.CC(C)(Cl)Cl.CC(C)(Cl)Cl.CC(C)(Cl)Cl.CC(C)(Cl)Cl.CCCCC1CCCC1.CCCCC1CCCC1. The number of alkyl halides is 8. The first kappa shape index (κ1) is 91.3. The molecule has 0 aliphatic heterocycles. The van der Waals surface area contributed by atoms with Gasteiger partial charge in [-0.3, -0.25) is 0 Å². The van der Waals surface area contributed by atoms with E-state index in [0.717, 1.165) is 107 Å². The Morgan fingerprint density at radius 3 is 0.735 bits per heavy atom. The summed E-state index contributed by atoms with van der Waals surface area (Å²) in [6, 6.07) is 0. The van der Waals surface area contributed by atoms with Crippen molar-refractivity contribution in [2.45, 2.75) is 305 Å². The van der Waals surface area contributed by atoms with E-state index in [9.17, 15) is 0 Å². The summed E-state index contributed by atoms with van der Waals surface area (Å²) in [5, 5.41) is 0. The highest BCUT2D eigenvalue weighted by Gasteiger charge is 2.36. The fourth-order valence-corrected chi connectivity index (χ4v) is 18.3. The van der Waals surface area contributed by atoms with Gasteiger partial charge in [-0.2, -0.15) is 0 Å². The van der Waals surface area contributed by atoms with Crippen LogP contribution in [0, 0.1) is 107 Å². The van der Waals surface area contributed by atoms with Crippen molar-refractivity contribution in [2.75, 3.05) is 0 Å². The molecule has 0 spiro atoms. The zero-order valence-corrected chi connectivity index (χ0v) is 71.7. The maximum atomic E-state index is 5.30. The Bertz CT molecular complexity index is 2400. The number of hydrogen-bond acceptors (Lipinski definition) is 0. The van der Waals surface area contributed by atoms with Crippen LogP contribution in [0.3, 0.4) is 0 Å². The van der Waals surface area contributed by atoms with Crippen molar-refractivity contribution in [1.82, 2.24) is 0 Å². The van der Waals surface area contributed by atoms with Gasteiger partial charge >= 0.3 is 0 Å². The topological polar surface area (TPSA) is 0 Å². The lowest BCUT2D eigenvalue weighted by Gasteiger charge is -2.21. The number of unbranched alkanes of at least 4 members (excludes halogenated alkanes) is 2. The van der Waals surface area contributed by atoms with Gasteiger partial charge in [0.15, 0.2) is 0 Å². The number of fused-ring (bicyclic) bond motifs is 6. The van der Waals surface area contributed by atoms with E-state index < -0.39 is 17.3 Å². The van der Waals surface area contributed by atoms with Crippen molar-refractivity contribution in [3.63, 3.8) is 0 Å². The van der Waals surface area contributed by atoms with Gasteiger partial charge in [-0.15, -0.1) is 92.8 Å². The molecule has 0 amide bonds. The van der Waals surface area contributed by atoms with E-state index in [1.807, 2.05) is 0 Å². The maximum absolute atomic E-state index is 5.30. The van der Waals surface area contributed by atoms with Crippen LogP contribution in [-0.2, 0) is 0 Å². The second-order valence-corrected chi connectivity index (χ2v) is 42.2. The molecule has 14 rings (SSSR count).